The van der Waals surface area contributed by atoms with E-state index in [1.165, 1.54) is 24.3 Å². The van der Waals surface area contributed by atoms with Crippen LogP contribution in [0.5, 0.6) is 0 Å². The van der Waals surface area contributed by atoms with E-state index in [1.54, 1.807) is 30.3 Å². The van der Waals surface area contributed by atoms with Gasteiger partial charge in [-0.25, -0.2) is 0 Å². The number of rotatable bonds is 2. The predicted octanol–water partition coefficient (Wildman–Crippen LogP) is 1.86. The van der Waals surface area contributed by atoms with Crippen molar-refractivity contribution in [2.75, 3.05) is 0 Å². The molecule has 0 saturated heterocycles. The first kappa shape index (κ1) is 13.9. The van der Waals surface area contributed by atoms with Gasteiger partial charge in [0, 0.05) is 0 Å². The Labute approximate surface area is 125 Å². The molecule has 1 aliphatic heterocycles. The Hall–Kier alpha value is -3.09. The largest absolute Gasteiger partial charge is 0.638 e. The van der Waals surface area contributed by atoms with Gasteiger partial charge < -0.3 is 14.0 Å². The van der Waals surface area contributed by atoms with Crippen molar-refractivity contribution in [1.29, 1.82) is 0 Å². The Morgan fingerprint density at radius 2 is 1.32 bits per heavy atom. The lowest BCUT2D eigenvalue weighted by atomic mass is 10.1. The molecule has 0 saturated carbocycles. The van der Waals surface area contributed by atoms with Gasteiger partial charge in [-0.05, 0) is 24.3 Å². The minimum atomic E-state index is -1.72. The zero-order chi connectivity index (χ0) is 15.5. The number of hydrogen-bond donors (Lipinski definition) is 0. The summed E-state index contributed by atoms with van der Waals surface area (Å²) in [5, 5.41) is 0. The van der Waals surface area contributed by atoms with Crippen molar-refractivity contribution in [3.63, 3.8) is 0 Å². The molecular weight excluding hydrogens is 287 g/mol. The lowest BCUT2D eigenvalue weighted by Crippen LogP contribution is -2.32. The van der Waals surface area contributed by atoms with Crippen LogP contribution in [0, 0.1) is 0 Å². The Balaban J connectivity index is 1.79. The lowest BCUT2D eigenvalue weighted by molar-refractivity contribution is 0.0437. The molecule has 0 unspecified atom stereocenters. The zero-order valence-corrected chi connectivity index (χ0v) is 11.2. The highest BCUT2D eigenvalue weighted by Crippen LogP contribution is 2.18. The fourth-order valence-electron chi connectivity index (χ4n) is 1.94. The Kier molecular flexibility index (Phi) is 3.61. The summed E-state index contributed by atoms with van der Waals surface area (Å²) in [6.45, 7) is 0. The smallest absolute Gasteiger partial charge is 0.527 e. The van der Waals surface area contributed by atoms with Crippen molar-refractivity contribution in [2.45, 2.75) is 0 Å². The van der Waals surface area contributed by atoms with Gasteiger partial charge in [0.05, 0.1) is 16.7 Å². The van der Waals surface area contributed by atoms with Crippen molar-refractivity contribution >= 4 is 25.2 Å². The molecular formula is C15H9BO6-. The predicted molar refractivity (Wildman–Crippen MR) is 74.9 cm³/mol. The fourth-order valence-corrected chi connectivity index (χ4v) is 1.94. The molecule has 22 heavy (non-hydrogen) atoms. The zero-order valence-electron chi connectivity index (χ0n) is 11.2. The molecule has 0 spiro atoms. The third-order valence-electron chi connectivity index (χ3n) is 2.99. The normalized spacial score (nSPS) is 14.4. The molecule has 0 aliphatic carbocycles. The Bertz CT molecular complexity index is 706. The molecule has 0 fully saturated rings. The van der Waals surface area contributed by atoms with Crippen LogP contribution in [0.25, 0.3) is 0 Å². The van der Waals surface area contributed by atoms with E-state index in [1.807, 2.05) is 0 Å². The van der Waals surface area contributed by atoms with Gasteiger partial charge in [-0.3, -0.25) is 14.4 Å². The van der Waals surface area contributed by atoms with Crippen LogP contribution < -0.4 is 0 Å². The van der Waals surface area contributed by atoms with E-state index in [9.17, 15) is 14.4 Å². The molecule has 1 heterocycles. The van der Waals surface area contributed by atoms with Crippen LogP contribution in [0.4, 0.5) is 0 Å². The summed E-state index contributed by atoms with van der Waals surface area (Å²) in [4.78, 5) is 35.8. The maximum absolute atomic E-state index is 11.9. The lowest BCUT2D eigenvalue weighted by Gasteiger charge is -2.26. The summed E-state index contributed by atoms with van der Waals surface area (Å²) in [5.74, 6) is -2.36. The van der Waals surface area contributed by atoms with E-state index < -0.39 is 25.2 Å². The second-order valence-corrected chi connectivity index (χ2v) is 4.42. The quantitative estimate of drug-likeness (QED) is 0.787. The van der Waals surface area contributed by atoms with Crippen molar-refractivity contribution < 1.29 is 28.3 Å². The first-order valence-corrected chi connectivity index (χ1v) is 6.42. The summed E-state index contributed by atoms with van der Waals surface area (Å²) >= 11 is 0. The van der Waals surface area contributed by atoms with Crippen LogP contribution in [-0.2, 0) is 14.0 Å². The highest BCUT2D eigenvalue weighted by atomic mass is 16.8. The van der Waals surface area contributed by atoms with Gasteiger partial charge in [0.2, 0.25) is 0 Å². The molecule has 0 bridgehead atoms. The van der Waals surface area contributed by atoms with Gasteiger partial charge in [0.15, 0.2) is 0 Å². The van der Waals surface area contributed by atoms with Crippen LogP contribution in [-0.4, -0.2) is 25.2 Å². The summed E-state index contributed by atoms with van der Waals surface area (Å²) in [6, 6.07) is 14.1. The molecule has 2 aromatic carbocycles. The van der Waals surface area contributed by atoms with Crippen LogP contribution in [0.15, 0.2) is 54.6 Å². The molecule has 0 aromatic heterocycles. The molecule has 0 atom stereocenters. The van der Waals surface area contributed by atoms with Gasteiger partial charge in [0.1, 0.15) is 0 Å². The fraction of sp³-hybridized carbons (Fsp3) is 0. The number of fused-ring (bicyclic) bond motifs is 1. The Morgan fingerprint density at radius 3 is 1.86 bits per heavy atom. The topological polar surface area (TPSA) is 78.9 Å². The van der Waals surface area contributed by atoms with Gasteiger partial charge in [0.25, 0.3) is 17.9 Å². The molecule has 1 radical (unpaired) electrons. The van der Waals surface area contributed by atoms with E-state index in [2.05, 4.69) is 0 Å². The standard InChI is InChI=1S/C15H9BO6/c17-13(10-6-2-1-3-7-10)20-16-21-14(18)11-8-4-5-9-12(11)15(19)22-16/h1-9H/q-1. The first-order chi connectivity index (χ1) is 10.6. The highest BCUT2D eigenvalue weighted by molar-refractivity contribution is 6.47. The number of carbonyl (C=O) groups is 3. The van der Waals surface area contributed by atoms with Crippen LogP contribution in [0.1, 0.15) is 31.1 Å². The molecule has 6 nitrogen and oxygen atoms in total. The minimum Gasteiger partial charge on any atom is -0.638 e. The third kappa shape index (κ3) is 2.69. The summed E-state index contributed by atoms with van der Waals surface area (Å²) in [7, 11) is -1.72. The molecule has 7 heteroatoms. The molecule has 3 rings (SSSR count). The van der Waals surface area contributed by atoms with Crippen molar-refractivity contribution in [3.8, 4) is 0 Å². The second kappa shape index (κ2) is 5.73. The maximum atomic E-state index is 11.9. The van der Waals surface area contributed by atoms with E-state index in [-0.39, 0.29) is 16.7 Å². The number of carbonyl (C=O) groups excluding carboxylic acids is 3. The van der Waals surface area contributed by atoms with Gasteiger partial charge >= 0.3 is 7.32 Å². The number of benzene rings is 2. The Morgan fingerprint density at radius 1 is 0.818 bits per heavy atom. The van der Waals surface area contributed by atoms with Gasteiger partial charge in [-0.15, -0.1) is 0 Å². The second-order valence-electron chi connectivity index (χ2n) is 4.42. The molecule has 0 N–H and O–H groups in total. The highest BCUT2D eigenvalue weighted by Gasteiger charge is 2.27. The van der Waals surface area contributed by atoms with Crippen molar-refractivity contribution in [3.05, 3.63) is 71.3 Å². The summed E-state index contributed by atoms with van der Waals surface area (Å²) in [5.41, 5.74) is 0.368. The average Bonchev–Trinajstić information content (AvgIpc) is 2.66. The average molecular weight is 296 g/mol. The van der Waals surface area contributed by atoms with Crippen molar-refractivity contribution in [1.82, 2.24) is 0 Å². The van der Waals surface area contributed by atoms with Gasteiger partial charge in [-0.2, -0.15) is 0 Å². The first-order valence-electron chi connectivity index (χ1n) is 6.42. The van der Waals surface area contributed by atoms with Crippen LogP contribution in [0.3, 0.4) is 0 Å². The summed E-state index contributed by atoms with van der Waals surface area (Å²) in [6.07, 6.45) is 0. The minimum absolute atomic E-state index is 0.0609. The van der Waals surface area contributed by atoms with E-state index in [0.717, 1.165) is 0 Å². The monoisotopic (exact) mass is 296 g/mol. The molecule has 0 amide bonds. The molecule has 2 aromatic rings. The third-order valence-corrected chi connectivity index (χ3v) is 2.99. The van der Waals surface area contributed by atoms with Crippen LogP contribution >= 0.6 is 0 Å². The van der Waals surface area contributed by atoms with E-state index in [4.69, 9.17) is 14.0 Å². The SMILES string of the molecule is O=C(O[B-]1OC(=O)c2ccccc2C(=O)O1)c1ccccc1. The van der Waals surface area contributed by atoms with Crippen molar-refractivity contribution in [2.24, 2.45) is 0 Å². The van der Waals surface area contributed by atoms with E-state index >= 15 is 0 Å². The van der Waals surface area contributed by atoms with Crippen LogP contribution in [0.2, 0.25) is 0 Å². The summed E-state index contributed by atoms with van der Waals surface area (Å²) < 4.78 is 14.7. The number of hydrogen-bond acceptors (Lipinski definition) is 6. The molecule has 1 aliphatic rings. The van der Waals surface area contributed by atoms with Gasteiger partial charge in [-0.1, -0.05) is 30.3 Å². The maximum Gasteiger partial charge on any atom is 0.527 e. The molecule has 109 valence electrons. The van der Waals surface area contributed by atoms with E-state index in [0.29, 0.717) is 0 Å².